The molecule has 9 heteroatoms. The second-order valence-corrected chi connectivity index (χ2v) is 7.57. The first-order valence-electron chi connectivity index (χ1n) is 10.1. The van der Waals surface area contributed by atoms with E-state index >= 15 is 0 Å². The van der Waals surface area contributed by atoms with Gasteiger partial charge in [0.05, 0.1) is 18.8 Å². The van der Waals surface area contributed by atoms with Crippen LogP contribution in [0, 0.1) is 11.8 Å². The quantitative estimate of drug-likeness (QED) is 0.443. The number of aliphatic imine (C=N–C) groups is 1. The molecule has 0 aromatic heterocycles. The molecule has 0 fully saturated rings. The van der Waals surface area contributed by atoms with Gasteiger partial charge in [-0.1, -0.05) is 6.92 Å². The van der Waals surface area contributed by atoms with Crippen LogP contribution in [-0.4, -0.2) is 54.9 Å². The monoisotopic (exact) mass is 424 g/mol. The molecule has 1 aliphatic heterocycles. The Labute approximate surface area is 177 Å². The maximum absolute atomic E-state index is 13.0. The van der Waals surface area contributed by atoms with Crippen LogP contribution in [0.2, 0.25) is 0 Å². The van der Waals surface area contributed by atoms with Crippen molar-refractivity contribution >= 4 is 29.5 Å². The average molecular weight is 424 g/mol. The number of hydrogen-bond donors (Lipinski definition) is 1. The Morgan fingerprint density at radius 1 is 0.933 bits per heavy atom. The van der Waals surface area contributed by atoms with Gasteiger partial charge in [0.1, 0.15) is 11.8 Å². The van der Waals surface area contributed by atoms with E-state index in [1.165, 1.54) is 0 Å². The summed E-state index contributed by atoms with van der Waals surface area (Å²) in [6, 6.07) is 0. The normalized spacial score (nSPS) is 19.0. The Morgan fingerprint density at radius 2 is 1.50 bits per heavy atom. The third-order valence-corrected chi connectivity index (χ3v) is 4.83. The highest BCUT2D eigenvalue weighted by Crippen LogP contribution is 2.33. The molecular formula is C21H32N2O7. The van der Waals surface area contributed by atoms with Gasteiger partial charge in [-0.15, -0.1) is 0 Å². The molecule has 1 aliphatic rings. The van der Waals surface area contributed by atoms with Gasteiger partial charge in [-0.3, -0.25) is 19.4 Å². The molecule has 0 aliphatic carbocycles. The zero-order chi connectivity index (χ0) is 23.1. The summed E-state index contributed by atoms with van der Waals surface area (Å²) in [5, 5.41) is 2.76. The van der Waals surface area contributed by atoms with Crippen LogP contribution in [0.25, 0.3) is 0 Å². The Hall–Kier alpha value is -2.71. The van der Waals surface area contributed by atoms with Gasteiger partial charge in [0.25, 0.3) is 5.91 Å². The summed E-state index contributed by atoms with van der Waals surface area (Å²) < 4.78 is 15.3. The van der Waals surface area contributed by atoms with Gasteiger partial charge in [0.15, 0.2) is 6.61 Å². The molecule has 168 valence electrons. The Morgan fingerprint density at radius 3 is 2.03 bits per heavy atom. The Balaban J connectivity index is 3.19. The number of amides is 1. The highest BCUT2D eigenvalue weighted by molar-refractivity contribution is 6.10. The number of esters is 3. The minimum atomic E-state index is -1.31. The second kappa shape index (κ2) is 10.9. The third-order valence-electron chi connectivity index (χ3n) is 4.83. The fourth-order valence-corrected chi connectivity index (χ4v) is 3.03. The fraction of sp³-hybridized carbons (Fsp3) is 0.667. The van der Waals surface area contributed by atoms with Crippen molar-refractivity contribution in [2.45, 2.75) is 60.4 Å². The van der Waals surface area contributed by atoms with Crippen LogP contribution in [-0.2, 0) is 33.4 Å². The largest absolute Gasteiger partial charge is 0.465 e. The van der Waals surface area contributed by atoms with E-state index in [1.807, 2.05) is 20.8 Å². The summed E-state index contributed by atoms with van der Waals surface area (Å²) in [6.45, 7) is 11.6. The van der Waals surface area contributed by atoms with E-state index in [-0.39, 0.29) is 24.5 Å². The van der Waals surface area contributed by atoms with Crippen LogP contribution in [0.4, 0.5) is 0 Å². The van der Waals surface area contributed by atoms with Crippen LogP contribution in [0.3, 0.4) is 0 Å². The van der Waals surface area contributed by atoms with Gasteiger partial charge in [0, 0.05) is 16.9 Å². The summed E-state index contributed by atoms with van der Waals surface area (Å²) in [6.07, 6.45) is 0.685. The topological polar surface area (TPSA) is 120 Å². The predicted octanol–water partition coefficient (Wildman–Crippen LogP) is 1.94. The van der Waals surface area contributed by atoms with E-state index in [4.69, 9.17) is 14.2 Å². The van der Waals surface area contributed by atoms with Crippen molar-refractivity contribution in [1.29, 1.82) is 0 Å². The first kappa shape index (κ1) is 25.3. The maximum Gasteiger partial charge on any atom is 0.336 e. The molecule has 0 saturated heterocycles. The molecule has 1 heterocycles. The van der Waals surface area contributed by atoms with Crippen molar-refractivity contribution in [2.75, 3.05) is 19.8 Å². The van der Waals surface area contributed by atoms with Gasteiger partial charge < -0.3 is 19.5 Å². The van der Waals surface area contributed by atoms with Crippen LogP contribution >= 0.6 is 0 Å². The van der Waals surface area contributed by atoms with Gasteiger partial charge >= 0.3 is 17.9 Å². The van der Waals surface area contributed by atoms with Gasteiger partial charge in [0.2, 0.25) is 0 Å². The first-order valence-corrected chi connectivity index (χ1v) is 10.1. The number of nitrogens with zero attached hydrogens (tertiary/aromatic N) is 1. The molecule has 1 rings (SSSR count). The summed E-state index contributed by atoms with van der Waals surface area (Å²) in [5.74, 6) is -5.30. The molecule has 0 aromatic rings. The molecule has 0 spiro atoms. The number of carbonyl (C=O) groups excluding carboxylic acids is 4. The molecule has 0 saturated carbocycles. The standard InChI is InChI=1S/C21H32N2O7/c1-8-21(6,7)23-14(24)11-30-20(27)17-15(18(25)28-9-2)12(4)22-13(5)16(17)19(26)29-10-3/h15,17H,8-11H2,1-7H3,(H,23,24)/t15?,17-/m0/s1. The average Bonchev–Trinajstić information content (AvgIpc) is 2.65. The minimum Gasteiger partial charge on any atom is -0.465 e. The lowest BCUT2D eigenvalue weighted by Crippen LogP contribution is -2.46. The summed E-state index contributed by atoms with van der Waals surface area (Å²) in [4.78, 5) is 54.5. The summed E-state index contributed by atoms with van der Waals surface area (Å²) in [5.41, 5.74) is 0.0415. The Bertz CT molecular complexity index is 752. The van der Waals surface area contributed by atoms with Crippen molar-refractivity contribution in [2.24, 2.45) is 16.8 Å². The van der Waals surface area contributed by atoms with Gasteiger partial charge in [-0.25, -0.2) is 4.79 Å². The lowest BCUT2D eigenvalue weighted by molar-refractivity contribution is -0.159. The zero-order valence-electron chi connectivity index (χ0n) is 18.8. The van der Waals surface area contributed by atoms with E-state index < -0.39 is 47.8 Å². The molecule has 1 N–H and O–H groups in total. The van der Waals surface area contributed by atoms with E-state index in [2.05, 4.69) is 10.3 Å². The van der Waals surface area contributed by atoms with Crippen LogP contribution < -0.4 is 5.32 Å². The molecule has 0 bridgehead atoms. The van der Waals surface area contributed by atoms with E-state index in [0.29, 0.717) is 12.1 Å². The molecule has 0 aromatic carbocycles. The Kier molecular flexibility index (Phi) is 9.20. The summed E-state index contributed by atoms with van der Waals surface area (Å²) >= 11 is 0. The zero-order valence-corrected chi connectivity index (χ0v) is 18.8. The maximum atomic E-state index is 13.0. The number of nitrogens with one attached hydrogen (secondary N) is 1. The highest BCUT2D eigenvalue weighted by Gasteiger charge is 2.46. The number of hydrogen-bond acceptors (Lipinski definition) is 8. The minimum absolute atomic E-state index is 0.0696. The fourth-order valence-electron chi connectivity index (χ4n) is 3.03. The smallest absolute Gasteiger partial charge is 0.336 e. The summed E-state index contributed by atoms with van der Waals surface area (Å²) in [7, 11) is 0. The molecular weight excluding hydrogens is 392 g/mol. The molecule has 0 radical (unpaired) electrons. The van der Waals surface area contributed by atoms with Crippen LogP contribution in [0.1, 0.15) is 54.9 Å². The number of rotatable bonds is 9. The molecule has 1 amide bonds. The van der Waals surface area contributed by atoms with Crippen LogP contribution in [0.15, 0.2) is 16.3 Å². The van der Waals surface area contributed by atoms with Crippen molar-refractivity contribution in [3.05, 3.63) is 11.3 Å². The van der Waals surface area contributed by atoms with E-state index in [0.717, 1.165) is 0 Å². The highest BCUT2D eigenvalue weighted by atomic mass is 16.5. The number of allylic oxidation sites excluding steroid dienone is 1. The molecule has 1 unspecified atom stereocenters. The second-order valence-electron chi connectivity index (χ2n) is 7.57. The predicted molar refractivity (Wildman–Crippen MR) is 110 cm³/mol. The lowest BCUT2D eigenvalue weighted by Gasteiger charge is -2.29. The van der Waals surface area contributed by atoms with Crippen molar-refractivity contribution < 1.29 is 33.4 Å². The lowest BCUT2D eigenvalue weighted by atomic mass is 9.79. The number of carbonyl (C=O) groups is 4. The van der Waals surface area contributed by atoms with Crippen molar-refractivity contribution in [1.82, 2.24) is 5.32 Å². The van der Waals surface area contributed by atoms with Crippen LogP contribution in [0.5, 0.6) is 0 Å². The van der Waals surface area contributed by atoms with Crippen molar-refractivity contribution in [3.8, 4) is 0 Å². The van der Waals surface area contributed by atoms with Crippen molar-refractivity contribution in [3.63, 3.8) is 0 Å². The van der Waals surface area contributed by atoms with Gasteiger partial charge in [-0.2, -0.15) is 0 Å². The molecule has 30 heavy (non-hydrogen) atoms. The van der Waals surface area contributed by atoms with E-state index in [9.17, 15) is 19.2 Å². The van der Waals surface area contributed by atoms with E-state index in [1.54, 1.807) is 27.7 Å². The van der Waals surface area contributed by atoms with Gasteiger partial charge in [-0.05, 0) is 48.0 Å². The first-order chi connectivity index (χ1) is 14.0. The molecule has 2 atom stereocenters. The third kappa shape index (κ3) is 6.40. The number of ether oxygens (including phenoxy) is 3. The SMILES string of the molecule is CCOC(=O)C1=C(C)N=C(C)C(C(=O)OCC)[C@@H]1C(=O)OCC(=O)NC(C)(C)CC. The molecule has 9 nitrogen and oxygen atoms in total.